The fourth-order valence-electron chi connectivity index (χ4n) is 0.812. The Balaban J connectivity index is 3.37. The van der Waals surface area contributed by atoms with Gasteiger partial charge >= 0.3 is 0 Å². The number of ketones is 1. The summed E-state index contributed by atoms with van der Waals surface area (Å²) >= 11 is 1.82. The second-order valence-electron chi connectivity index (χ2n) is 2.31. The quantitative estimate of drug-likeness (QED) is 0.440. The highest BCUT2D eigenvalue weighted by Gasteiger charge is 2.12. The number of hydrogen-bond acceptors (Lipinski definition) is 1. The average molecular weight is 282 g/mol. The zero-order valence-electron chi connectivity index (χ0n) is 6.20. The predicted octanol–water partition coefficient (Wildman–Crippen LogP) is 2.77. The third kappa shape index (κ3) is 1.80. The number of Topliss-reactive ketones (excluding diaryl/α,β-unsaturated/α-hetero) is 1. The molecule has 0 amide bonds. The predicted molar refractivity (Wildman–Crippen MR) is 49.1 cm³/mol. The van der Waals surface area contributed by atoms with E-state index in [2.05, 4.69) is 0 Å². The molecule has 1 aromatic carbocycles. The third-order valence-corrected chi connectivity index (χ3v) is 2.00. The lowest BCUT2D eigenvalue weighted by atomic mass is 10.1. The number of rotatable bonds is 1. The first-order valence-corrected chi connectivity index (χ1v) is 4.25. The standard InChI is InChI=1S/C8H5F2IO/c1-4(12)6-2-5(11)3-7(9)8(6)10/h2-3H,1H3. The van der Waals surface area contributed by atoms with Gasteiger partial charge in [0, 0.05) is 3.57 Å². The van der Waals surface area contributed by atoms with Crippen molar-refractivity contribution in [2.75, 3.05) is 0 Å². The molecule has 0 saturated carbocycles. The lowest BCUT2D eigenvalue weighted by Gasteiger charge is -2.00. The number of halogens is 3. The van der Waals surface area contributed by atoms with Gasteiger partial charge in [0.2, 0.25) is 0 Å². The number of hydrogen-bond donors (Lipinski definition) is 0. The molecule has 1 aromatic rings. The molecule has 1 rings (SSSR count). The SMILES string of the molecule is CC(=O)c1cc(I)cc(F)c1F. The van der Waals surface area contributed by atoms with Gasteiger partial charge in [0.1, 0.15) is 0 Å². The van der Waals surface area contributed by atoms with Gasteiger partial charge in [-0.1, -0.05) is 0 Å². The van der Waals surface area contributed by atoms with Gasteiger partial charge < -0.3 is 0 Å². The van der Waals surface area contributed by atoms with Crippen LogP contribution < -0.4 is 0 Å². The zero-order chi connectivity index (χ0) is 9.30. The Morgan fingerprint density at radius 1 is 1.42 bits per heavy atom. The van der Waals surface area contributed by atoms with Gasteiger partial charge in [-0.2, -0.15) is 0 Å². The van der Waals surface area contributed by atoms with Crippen LogP contribution in [-0.4, -0.2) is 5.78 Å². The zero-order valence-corrected chi connectivity index (χ0v) is 8.35. The maximum atomic E-state index is 12.8. The largest absolute Gasteiger partial charge is 0.294 e. The van der Waals surface area contributed by atoms with Gasteiger partial charge in [-0.15, -0.1) is 0 Å². The van der Waals surface area contributed by atoms with Crippen molar-refractivity contribution >= 4 is 28.4 Å². The van der Waals surface area contributed by atoms with Gasteiger partial charge in [0.15, 0.2) is 17.4 Å². The smallest absolute Gasteiger partial charge is 0.169 e. The van der Waals surface area contributed by atoms with Crippen molar-refractivity contribution in [3.8, 4) is 0 Å². The first kappa shape index (κ1) is 9.57. The Kier molecular flexibility index (Phi) is 2.76. The molecule has 0 radical (unpaired) electrons. The van der Waals surface area contributed by atoms with E-state index >= 15 is 0 Å². The maximum Gasteiger partial charge on any atom is 0.169 e. The van der Waals surface area contributed by atoms with Crippen molar-refractivity contribution < 1.29 is 13.6 Å². The molecule has 0 atom stereocenters. The number of carbonyl (C=O) groups excluding carboxylic acids is 1. The van der Waals surface area contributed by atoms with Crippen LogP contribution in [0.4, 0.5) is 8.78 Å². The molecule has 0 heterocycles. The molecule has 1 nitrogen and oxygen atoms in total. The molecule has 0 saturated heterocycles. The Hall–Kier alpha value is -0.520. The summed E-state index contributed by atoms with van der Waals surface area (Å²) in [6.45, 7) is 1.20. The summed E-state index contributed by atoms with van der Waals surface area (Å²) in [5, 5.41) is 0. The highest BCUT2D eigenvalue weighted by atomic mass is 127. The fourth-order valence-corrected chi connectivity index (χ4v) is 1.40. The molecule has 0 aliphatic carbocycles. The summed E-state index contributed by atoms with van der Waals surface area (Å²) in [5.74, 6) is -2.51. The third-order valence-electron chi connectivity index (χ3n) is 1.37. The molecule has 0 spiro atoms. The van der Waals surface area contributed by atoms with Gasteiger partial charge in [0.05, 0.1) is 5.56 Å². The Bertz CT molecular complexity index is 336. The highest BCUT2D eigenvalue weighted by molar-refractivity contribution is 14.1. The maximum absolute atomic E-state index is 12.8. The molecule has 64 valence electrons. The molecule has 4 heteroatoms. The molecule has 0 aliphatic rings. The van der Waals surface area contributed by atoms with Gasteiger partial charge in [0.25, 0.3) is 0 Å². The molecular weight excluding hydrogens is 277 g/mol. The lowest BCUT2D eigenvalue weighted by molar-refractivity contribution is 0.101. The summed E-state index contributed by atoms with van der Waals surface area (Å²) in [4.78, 5) is 10.8. The van der Waals surface area contributed by atoms with E-state index in [0.29, 0.717) is 3.57 Å². The summed E-state index contributed by atoms with van der Waals surface area (Å²) < 4.78 is 26.0. The minimum atomic E-state index is -1.07. The van der Waals surface area contributed by atoms with Crippen LogP contribution in [0.3, 0.4) is 0 Å². The molecule has 0 aromatic heterocycles. The first-order valence-electron chi connectivity index (χ1n) is 3.18. The summed E-state index contributed by atoms with van der Waals surface area (Å²) in [7, 11) is 0. The van der Waals surface area contributed by atoms with Crippen molar-refractivity contribution in [3.05, 3.63) is 32.9 Å². The second kappa shape index (κ2) is 3.47. The van der Waals surface area contributed by atoms with Crippen LogP contribution >= 0.6 is 22.6 Å². The Morgan fingerprint density at radius 2 is 2.00 bits per heavy atom. The lowest BCUT2D eigenvalue weighted by Crippen LogP contribution is -2.00. The normalized spacial score (nSPS) is 10.0. The molecule has 0 unspecified atom stereocenters. The molecule has 0 aliphatic heterocycles. The first-order chi connectivity index (χ1) is 5.52. The van der Waals surface area contributed by atoms with Crippen LogP contribution in [0.25, 0.3) is 0 Å². The van der Waals surface area contributed by atoms with Crippen molar-refractivity contribution in [2.45, 2.75) is 6.92 Å². The molecule has 12 heavy (non-hydrogen) atoms. The molecular formula is C8H5F2IO. The van der Waals surface area contributed by atoms with Crippen molar-refractivity contribution in [3.63, 3.8) is 0 Å². The topological polar surface area (TPSA) is 17.1 Å². The summed E-state index contributed by atoms with van der Waals surface area (Å²) in [6, 6.07) is 2.36. The van der Waals surface area contributed by atoms with Gasteiger partial charge in [-0.3, -0.25) is 4.79 Å². The van der Waals surface area contributed by atoms with Crippen molar-refractivity contribution in [1.82, 2.24) is 0 Å². The molecule has 0 fully saturated rings. The van der Waals surface area contributed by atoms with E-state index in [9.17, 15) is 13.6 Å². The van der Waals surface area contributed by atoms with Crippen LogP contribution in [0.2, 0.25) is 0 Å². The van der Waals surface area contributed by atoms with E-state index in [4.69, 9.17) is 0 Å². The highest BCUT2D eigenvalue weighted by Crippen LogP contribution is 2.16. The fraction of sp³-hybridized carbons (Fsp3) is 0.125. The van der Waals surface area contributed by atoms with Gasteiger partial charge in [-0.25, -0.2) is 8.78 Å². The van der Waals surface area contributed by atoms with E-state index in [0.717, 1.165) is 6.07 Å². The van der Waals surface area contributed by atoms with Crippen LogP contribution in [0.15, 0.2) is 12.1 Å². The second-order valence-corrected chi connectivity index (χ2v) is 3.55. The molecule has 0 bridgehead atoms. The number of carbonyl (C=O) groups is 1. The van der Waals surface area contributed by atoms with E-state index < -0.39 is 17.4 Å². The van der Waals surface area contributed by atoms with E-state index in [-0.39, 0.29) is 5.56 Å². The van der Waals surface area contributed by atoms with Crippen LogP contribution in [0.5, 0.6) is 0 Å². The number of benzene rings is 1. The summed E-state index contributed by atoms with van der Waals surface area (Å²) in [5.41, 5.74) is -0.195. The molecule has 0 N–H and O–H groups in total. The van der Waals surface area contributed by atoms with Crippen LogP contribution in [0.1, 0.15) is 17.3 Å². The van der Waals surface area contributed by atoms with Crippen molar-refractivity contribution in [1.29, 1.82) is 0 Å². The Morgan fingerprint density at radius 3 is 2.50 bits per heavy atom. The van der Waals surface area contributed by atoms with Gasteiger partial charge in [-0.05, 0) is 41.6 Å². The minimum absolute atomic E-state index is 0.195. The average Bonchev–Trinajstić information content (AvgIpc) is 1.96. The summed E-state index contributed by atoms with van der Waals surface area (Å²) in [6.07, 6.45) is 0. The minimum Gasteiger partial charge on any atom is -0.294 e. The van der Waals surface area contributed by atoms with E-state index in [1.54, 1.807) is 0 Å². The van der Waals surface area contributed by atoms with E-state index in [1.165, 1.54) is 13.0 Å². The van der Waals surface area contributed by atoms with Crippen LogP contribution in [0, 0.1) is 15.2 Å². The monoisotopic (exact) mass is 282 g/mol. The van der Waals surface area contributed by atoms with Crippen molar-refractivity contribution in [2.24, 2.45) is 0 Å². The van der Waals surface area contributed by atoms with Crippen LogP contribution in [-0.2, 0) is 0 Å². The Labute approximate surface area is 81.9 Å². The van der Waals surface area contributed by atoms with E-state index in [1.807, 2.05) is 22.6 Å².